The number of phenolic OH excluding ortho intramolecular Hbond substituents is 1. The lowest BCUT2D eigenvalue weighted by Gasteiger charge is -2.26. The maximum absolute atomic E-state index is 10.8. The highest BCUT2D eigenvalue weighted by Crippen LogP contribution is 2.37. The molecule has 4 heteroatoms. The van der Waals surface area contributed by atoms with Crippen molar-refractivity contribution in [1.82, 2.24) is 5.32 Å². The fourth-order valence-corrected chi connectivity index (χ4v) is 2.18. The molecule has 92 valence electrons. The molecular formula is C13H17NO3. The summed E-state index contributed by atoms with van der Waals surface area (Å²) >= 11 is 0. The van der Waals surface area contributed by atoms with Crippen LogP contribution in [-0.2, 0) is 4.79 Å². The van der Waals surface area contributed by atoms with E-state index in [0.29, 0.717) is 19.1 Å². The second-order valence-corrected chi connectivity index (χ2v) is 4.33. The summed E-state index contributed by atoms with van der Waals surface area (Å²) in [6.07, 6.45) is 1.80. The predicted molar refractivity (Wildman–Crippen MR) is 64.3 cm³/mol. The van der Waals surface area contributed by atoms with Gasteiger partial charge in [0.2, 0.25) is 5.91 Å². The standard InChI is InChI=1S/C13H17NO3/c1-9(15)14-6-4-10-5-7-17-13-3-2-11(16)8-12(10)13/h2-3,8,10,16H,4-7H2,1H3,(H,14,15). The van der Waals surface area contributed by atoms with E-state index in [1.54, 1.807) is 18.2 Å². The summed E-state index contributed by atoms with van der Waals surface area (Å²) in [5, 5.41) is 12.3. The highest BCUT2D eigenvalue weighted by atomic mass is 16.5. The summed E-state index contributed by atoms with van der Waals surface area (Å²) in [6, 6.07) is 5.19. The van der Waals surface area contributed by atoms with Gasteiger partial charge < -0.3 is 15.2 Å². The molecule has 0 radical (unpaired) electrons. The number of rotatable bonds is 3. The van der Waals surface area contributed by atoms with Crippen LogP contribution in [0.2, 0.25) is 0 Å². The highest BCUT2D eigenvalue weighted by molar-refractivity contribution is 5.72. The van der Waals surface area contributed by atoms with E-state index in [1.165, 1.54) is 6.92 Å². The first-order chi connectivity index (χ1) is 8.16. The Morgan fingerprint density at radius 2 is 2.41 bits per heavy atom. The van der Waals surface area contributed by atoms with E-state index in [0.717, 1.165) is 24.2 Å². The van der Waals surface area contributed by atoms with Crippen LogP contribution < -0.4 is 10.1 Å². The summed E-state index contributed by atoms with van der Waals surface area (Å²) in [4.78, 5) is 10.8. The maximum atomic E-state index is 10.8. The molecule has 1 aliphatic heterocycles. The van der Waals surface area contributed by atoms with Crippen LogP contribution in [0.15, 0.2) is 18.2 Å². The molecule has 17 heavy (non-hydrogen) atoms. The van der Waals surface area contributed by atoms with Gasteiger partial charge in [0.25, 0.3) is 0 Å². The van der Waals surface area contributed by atoms with Crippen LogP contribution >= 0.6 is 0 Å². The van der Waals surface area contributed by atoms with Gasteiger partial charge in [-0.1, -0.05) is 0 Å². The summed E-state index contributed by atoms with van der Waals surface area (Å²) < 4.78 is 5.54. The number of ether oxygens (including phenoxy) is 1. The van der Waals surface area contributed by atoms with Gasteiger partial charge in [-0.25, -0.2) is 0 Å². The molecule has 0 saturated carbocycles. The summed E-state index contributed by atoms with van der Waals surface area (Å²) in [6.45, 7) is 2.88. The van der Waals surface area contributed by atoms with Crippen molar-refractivity contribution in [2.75, 3.05) is 13.2 Å². The molecule has 0 spiro atoms. The Balaban J connectivity index is 2.05. The van der Waals surface area contributed by atoms with Crippen LogP contribution in [0.5, 0.6) is 11.5 Å². The molecule has 1 heterocycles. The normalized spacial score (nSPS) is 18.1. The molecule has 1 aromatic rings. The number of carbonyl (C=O) groups excluding carboxylic acids is 1. The molecular weight excluding hydrogens is 218 g/mol. The Labute approximate surface area is 101 Å². The van der Waals surface area contributed by atoms with Gasteiger partial charge in [-0.05, 0) is 37.0 Å². The molecule has 4 nitrogen and oxygen atoms in total. The zero-order valence-corrected chi connectivity index (χ0v) is 9.90. The molecule has 1 unspecified atom stereocenters. The molecule has 0 fully saturated rings. The Morgan fingerprint density at radius 3 is 3.18 bits per heavy atom. The van der Waals surface area contributed by atoms with E-state index in [4.69, 9.17) is 4.74 Å². The van der Waals surface area contributed by atoms with Crippen molar-refractivity contribution in [1.29, 1.82) is 0 Å². The van der Waals surface area contributed by atoms with E-state index >= 15 is 0 Å². The molecule has 0 bridgehead atoms. The van der Waals surface area contributed by atoms with Crippen molar-refractivity contribution in [2.24, 2.45) is 0 Å². The van der Waals surface area contributed by atoms with Gasteiger partial charge in [0.15, 0.2) is 0 Å². The third-order valence-corrected chi connectivity index (χ3v) is 3.02. The summed E-state index contributed by atoms with van der Waals surface area (Å²) in [5.74, 6) is 1.45. The van der Waals surface area contributed by atoms with Crippen molar-refractivity contribution < 1.29 is 14.6 Å². The first kappa shape index (κ1) is 11.8. The Morgan fingerprint density at radius 1 is 1.59 bits per heavy atom. The zero-order chi connectivity index (χ0) is 12.3. The van der Waals surface area contributed by atoms with E-state index in [2.05, 4.69) is 5.32 Å². The molecule has 2 N–H and O–H groups in total. The van der Waals surface area contributed by atoms with Gasteiger partial charge in [0.05, 0.1) is 6.61 Å². The SMILES string of the molecule is CC(=O)NCCC1CCOc2ccc(O)cc21. The van der Waals surface area contributed by atoms with Crippen LogP contribution in [0.3, 0.4) is 0 Å². The number of carbonyl (C=O) groups is 1. The van der Waals surface area contributed by atoms with E-state index in [1.807, 2.05) is 0 Å². The number of benzene rings is 1. The van der Waals surface area contributed by atoms with E-state index in [-0.39, 0.29) is 11.7 Å². The number of hydrogen-bond acceptors (Lipinski definition) is 3. The number of aromatic hydroxyl groups is 1. The molecule has 0 aliphatic carbocycles. The quantitative estimate of drug-likeness (QED) is 0.839. The van der Waals surface area contributed by atoms with Crippen LogP contribution in [-0.4, -0.2) is 24.2 Å². The number of fused-ring (bicyclic) bond motifs is 1. The fourth-order valence-electron chi connectivity index (χ4n) is 2.18. The van der Waals surface area contributed by atoms with Crippen LogP contribution in [0.1, 0.15) is 31.2 Å². The molecule has 0 aromatic heterocycles. The first-order valence-corrected chi connectivity index (χ1v) is 5.87. The second-order valence-electron chi connectivity index (χ2n) is 4.33. The molecule has 1 amide bonds. The fraction of sp³-hybridized carbons (Fsp3) is 0.462. The van der Waals surface area contributed by atoms with Crippen LogP contribution in [0.25, 0.3) is 0 Å². The molecule has 1 aromatic carbocycles. The summed E-state index contributed by atoms with van der Waals surface area (Å²) in [5.41, 5.74) is 1.04. The number of amides is 1. The number of phenols is 1. The van der Waals surface area contributed by atoms with Crippen LogP contribution in [0.4, 0.5) is 0 Å². The molecule has 0 saturated heterocycles. The molecule has 1 aliphatic rings. The van der Waals surface area contributed by atoms with Gasteiger partial charge in [0.1, 0.15) is 11.5 Å². The van der Waals surface area contributed by atoms with Gasteiger partial charge in [-0.2, -0.15) is 0 Å². The van der Waals surface area contributed by atoms with Crippen molar-refractivity contribution >= 4 is 5.91 Å². The summed E-state index contributed by atoms with van der Waals surface area (Å²) in [7, 11) is 0. The smallest absolute Gasteiger partial charge is 0.216 e. The van der Waals surface area contributed by atoms with Crippen molar-refractivity contribution in [3.05, 3.63) is 23.8 Å². The topological polar surface area (TPSA) is 58.6 Å². The lowest BCUT2D eigenvalue weighted by Crippen LogP contribution is -2.24. The molecule has 1 atom stereocenters. The van der Waals surface area contributed by atoms with Crippen molar-refractivity contribution in [3.63, 3.8) is 0 Å². The third-order valence-electron chi connectivity index (χ3n) is 3.02. The minimum atomic E-state index is -0.00630. The van der Waals surface area contributed by atoms with E-state index < -0.39 is 0 Å². The minimum absolute atomic E-state index is 0.00630. The Kier molecular flexibility index (Phi) is 3.52. The van der Waals surface area contributed by atoms with Crippen molar-refractivity contribution in [3.8, 4) is 11.5 Å². The number of hydrogen-bond donors (Lipinski definition) is 2. The lowest BCUT2D eigenvalue weighted by molar-refractivity contribution is -0.118. The van der Waals surface area contributed by atoms with E-state index in [9.17, 15) is 9.90 Å². The molecule has 2 rings (SSSR count). The lowest BCUT2D eigenvalue weighted by atomic mass is 9.90. The third kappa shape index (κ3) is 2.90. The van der Waals surface area contributed by atoms with Gasteiger partial charge in [0, 0.05) is 19.0 Å². The van der Waals surface area contributed by atoms with Gasteiger partial charge >= 0.3 is 0 Å². The first-order valence-electron chi connectivity index (χ1n) is 5.87. The zero-order valence-electron chi connectivity index (χ0n) is 9.90. The van der Waals surface area contributed by atoms with Crippen molar-refractivity contribution in [2.45, 2.75) is 25.7 Å². The van der Waals surface area contributed by atoms with Gasteiger partial charge in [-0.3, -0.25) is 4.79 Å². The monoisotopic (exact) mass is 235 g/mol. The average Bonchev–Trinajstić information content (AvgIpc) is 2.29. The largest absolute Gasteiger partial charge is 0.508 e. The predicted octanol–water partition coefficient (Wildman–Crippen LogP) is 1.78. The van der Waals surface area contributed by atoms with Gasteiger partial charge in [-0.15, -0.1) is 0 Å². The average molecular weight is 235 g/mol. The highest BCUT2D eigenvalue weighted by Gasteiger charge is 2.21. The van der Waals surface area contributed by atoms with Crippen LogP contribution in [0, 0.1) is 0 Å². The Bertz CT molecular complexity index is 417. The Hall–Kier alpha value is -1.71. The minimum Gasteiger partial charge on any atom is -0.508 e. The number of nitrogens with one attached hydrogen (secondary N) is 1. The maximum Gasteiger partial charge on any atom is 0.216 e. The second kappa shape index (κ2) is 5.08.